The number of imidazole rings is 1. The van der Waals surface area contributed by atoms with Gasteiger partial charge in [0.05, 0.1) is 18.1 Å². The average molecular weight is 310 g/mol. The summed E-state index contributed by atoms with van der Waals surface area (Å²) in [5.74, 6) is 0.132. The van der Waals surface area contributed by atoms with Crippen LogP contribution < -0.4 is 11.1 Å². The molecule has 0 atom stereocenters. The summed E-state index contributed by atoms with van der Waals surface area (Å²) in [7, 11) is 1.27. The van der Waals surface area contributed by atoms with Crippen molar-refractivity contribution in [2.75, 3.05) is 18.2 Å². The Morgan fingerprint density at radius 3 is 2.52 bits per heavy atom. The lowest BCUT2D eigenvalue weighted by Crippen LogP contribution is -2.11. The van der Waals surface area contributed by atoms with Crippen molar-refractivity contribution in [2.45, 2.75) is 0 Å². The van der Waals surface area contributed by atoms with Crippen LogP contribution in [0.3, 0.4) is 0 Å². The maximum atomic E-state index is 12.5. The summed E-state index contributed by atoms with van der Waals surface area (Å²) < 4.78 is 4.51. The molecule has 3 aromatic rings. The molecule has 0 spiro atoms. The molecule has 3 rings (SSSR count). The molecule has 7 nitrogen and oxygen atoms in total. The number of H-pyrrole nitrogens is 1. The Balaban J connectivity index is 1.91. The molecule has 0 radical (unpaired) electrons. The lowest BCUT2D eigenvalue weighted by Gasteiger charge is -2.02. The molecule has 0 fully saturated rings. The fourth-order valence-corrected chi connectivity index (χ4v) is 2.16. The van der Waals surface area contributed by atoms with Gasteiger partial charge in [-0.05, 0) is 42.5 Å². The monoisotopic (exact) mass is 310 g/mol. The standard InChI is InChI=1S/C16H14N4O3/c1-23-16(22)20-15-18-12-7-4-10(8-13(12)19-15)14(21)9-2-5-11(17)6-3-9/h2-8H,17H2,1H3,(H2,18,19,20,22). The Hall–Kier alpha value is -3.35. The summed E-state index contributed by atoms with van der Waals surface area (Å²) in [6.07, 6.45) is -0.623. The van der Waals surface area contributed by atoms with Gasteiger partial charge in [0.1, 0.15) is 0 Å². The predicted octanol–water partition coefficient (Wildman–Crippen LogP) is 2.55. The van der Waals surface area contributed by atoms with E-state index in [1.54, 1.807) is 42.5 Å². The van der Waals surface area contributed by atoms with Crippen LogP contribution in [0.2, 0.25) is 0 Å². The Morgan fingerprint density at radius 2 is 1.83 bits per heavy atom. The number of ether oxygens (including phenoxy) is 1. The zero-order valence-corrected chi connectivity index (χ0v) is 12.3. The fraction of sp³-hybridized carbons (Fsp3) is 0.0625. The summed E-state index contributed by atoms with van der Waals surface area (Å²) in [5.41, 5.74) is 8.55. The number of fused-ring (bicyclic) bond motifs is 1. The van der Waals surface area contributed by atoms with Crippen molar-refractivity contribution in [3.8, 4) is 0 Å². The SMILES string of the molecule is COC(=O)Nc1nc2ccc(C(=O)c3ccc(N)cc3)cc2[nH]1. The summed E-state index contributed by atoms with van der Waals surface area (Å²) in [4.78, 5) is 30.8. The molecule has 0 unspecified atom stereocenters. The molecular weight excluding hydrogens is 296 g/mol. The first-order valence-electron chi connectivity index (χ1n) is 6.82. The Labute approximate surface area is 131 Å². The van der Waals surface area contributed by atoms with Gasteiger partial charge in [0, 0.05) is 16.8 Å². The van der Waals surface area contributed by atoms with Gasteiger partial charge < -0.3 is 15.5 Å². The van der Waals surface area contributed by atoms with Crippen molar-refractivity contribution in [3.63, 3.8) is 0 Å². The number of nitrogens with one attached hydrogen (secondary N) is 2. The molecule has 0 bridgehead atoms. The quantitative estimate of drug-likeness (QED) is 0.508. The van der Waals surface area contributed by atoms with E-state index in [0.29, 0.717) is 27.8 Å². The van der Waals surface area contributed by atoms with E-state index in [4.69, 9.17) is 5.73 Å². The summed E-state index contributed by atoms with van der Waals surface area (Å²) in [5, 5.41) is 2.44. The lowest BCUT2D eigenvalue weighted by molar-refractivity contribution is 0.103. The van der Waals surface area contributed by atoms with Gasteiger partial charge in [0.2, 0.25) is 5.95 Å². The molecule has 0 aliphatic heterocycles. The molecule has 4 N–H and O–H groups in total. The molecule has 1 heterocycles. The van der Waals surface area contributed by atoms with Crippen molar-refractivity contribution in [3.05, 3.63) is 53.6 Å². The van der Waals surface area contributed by atoms with Gasteiger partial charge in [-0.15, -0.1) is 0 Å². The van der Waals surface area contributed by atoms with E-state index in [0.717, 1.165) is 0 Å². The van der Waals surface area contributed by atoms with Crippen LogP contribution in [0.15, 0.2) is 42.5 Å². The van der Waals surface area contributed by atoms with Crippen molar-refractivity contribution in [2.24, 2.45) is 0 Å². The third-order valence-corrected chi connectivity index (χ3v) is 3.32. The number of anilines is 2. The lowest BCUT2D eigenvalue weighted by atomic mass is 10.0. The van der Waals surface area contributed by atoms with Crippen LogP contribution >= 0.6 is 0 Å². The van der Waals surface area contributed by atoms with E-state index < -0.39 is 6.09 Å². The number of nitrogens with two attached hydrogens (primary N) is 1. The third kappa shape index (κ3) is 2.98. The molecule has 1 amide bonds. The average Bonchev–Trinajstić information content (AvgIpc) is 2.96. The maximum absolute atomic E-state index is 12.5. The zero-order valence-electron chi connectivity index (χ0n) is 12.3. The second-order valence-electron chi connectivity index (χ2n) is 4.89. The maximum Gasteiger partial charge on any atom is 0.413 e. The summed E-state index contributed by atoms with van der Waals surface area (Å²) >= 11 is 0. The Bertz CT molecular complexity index is 884. The second kappa shape index (κ2) is 5.80. The van der Waals surface area contributed by atoms with Gasteiger partial charge >= 0.3 is 6.09 Å². The van der Waals surface area contributed by atoms with E-state index in [-0.39, 0.29) is 11.7 Å². The van der Waals surface area contributed by atoms with Crippen LogP contribution in [0.1, 0.15) is 15.9 Å². The topological polar surface area (TPSA) is 110 Å². The summed E-state index contributed by atoms with van der Waals surface area (Å²) in [6, 6.07) is 11.8. The van der Waals surface area contributed by atoms with E-state index in [2.05, 4.69) is 20.0 Å². The number of ketones is 1. The second-order valence-corrected chi connectivity index (χ2v) is 4.89. The highest BCUT2D eigenvalue weighted by Crippen LogP contribution is 2.19. The van der Waals surface area contributed by atoms with Gasteiger partial charge in [-0.1, -0.05) is 0 Å². The van der Waals surface area contributed by atoms with Crippen LogP contribution in [-0.4, -0.2) is 29.0 Å². The number of methoxy groups -OCH3 is 1. The summed E-state index contributed by atoms with van der Waals surface area (Å²) in [6.45, 7) is 0. The van der Waals surface area contributed by atoms with Gasteiger partial charge in [-0.2, -0.15) is 0 Å². The van der Waals surface area contributed by atoms with Gasteiger partial charge in [0.15, 0.2) is 5.78 Å². The number of amides is 1. The first-order valence-corrected chi connectivity index (χ1v) is 6.82. The number of nitrogens with zero attached hydrogens (tertiary/aromatic N) is 1. The number of hydrogen-bond acceptors (Lipinski definition) is 5. The minimum Gasteiger partial charge on any atom is -0.453 e. The zero-order chi connectivity index (χ0) is 16.4. The van der Waals surface area contributed by atoms with E-state index in [9.17, 15) is 9.59 Å². The molecule has 116 valence electrons. The highest BCUT2D eigenvalue weighted by molar-refractivity contribution is 6.10. The third-order valence-electron chi connectivity index (χ3n) is 3.32. The van der Waals surface area contributed by atoms with Crippen molar-refractivity contribution in [1.29, 1.82) is 0 Å². The molecule has 2 aromatic carbocycles. The van der Waals surface area contributed by atoms with E-state index in [1.165, 1.54) is 7.11 Å². The van der Waals surface area contributed by atoms with Crippen LogP contribution in [0.4, 0.5) is 16.4 Å². The molecule has 0 aliphatic rings. The van der Waals surface area contributed by atoms with Crippen LogP contribution in [0, 0.1) is 0 Å². The number of carbonyl (C=O) groups excluding carboxylic acids is 2. The highest BCUT2D eigenvalue weighted by Gasteiger charge is 2.12. The molecule has 0 aliphatic carbocycles. The van der Waals surface area contributed by atoms with Crippen molar-refractivity contribution >= 4 is 34.5 Å². The minimum atomic E-state index is -0.623. The molecule has 7 heteroatoms. The number of aromatic amines is 1. The minimum absolute atomic E-state index is 0.121. The van der Waals surface area contributed by atoms with Crippen LogP contribution in [-0.2, 0) is 4.74 Å². The largest absolute Gasteiger partial charge is 0.453 e. The molecule has 0 saturated heterocycles. The predicted molar refractivity (Wildman–Crippen MR) is 86.4 cm³/mol. The molecule has 1 aromatic heterocycles. The van der Waals surface area contributed by atoms with Gasteiger partial charge in [-0.25, -0.2) is 9.78 Å². The Morgan fingerprint density at radius 1 is 1.13 bits per heavy atom. The molecular formula is C16H14N4O3. The van der Waals surface area contributed by atoms with Crippen molar-refractivity contribution < 1.29 is 14.3 Å². The number of benzene rings is 2. The normalized spacial score (nSPS) is 10.5. The first-order chi connectivity index (χ1) is 11.1. The number of rotatable bonds is 3. The number of carbonyl (C=O) groups is 2. The smallest absolute Gasteiger partial charge is 0.413 e. The molecule has 0 saturated carbocycles. The number of hydrogen-bond donors (Lipinski definition) is 3. The van der Waals surface area contributed by atoms with E-state index in [1.807, 2.05) is 0 Å². The first kappa shape index (κ1) is 14.6. The van der Waals surface area contributed by atoms with Gasteiger partial charge in [-0.3, -0.25) is 10.1 Å². The van der Waals surface area contributed by atoms with Crippen LogP contribution in [0.5, 0.6) is 0 Å². The number of nitrogen functional groups attached to an aromatic ring is 1. The highest BCUT2D eigenvalue weighted by atomic mass is 16.5. The van der Waals surface area contributed by atoms with Crippen LogP contribution in [0.25, 0.3) is 11.0 Å². The van der Waals surface area contributed by atoms with E-state index >= 15 is 0 Å². The Kier molecular flexibility index (Phi) is 3.68. The fourth-order valence-electron chi connectivity index (χ4n) is 2.16. The van der Waals surface area contributed by atoms with Gasteiger partial charge in [0.25, 0.3) is 0 Å². The van der Waals surface area contributed by atoms with Crippen molar-refractivity contribution in [1.82, 2.24) is 9.97 Å². The molecule has 23 heavy (non-hydrogen) atoms. The number of aromatic nitrogens is 2.